The number of nitrogens with two attached hydrogens (primary N) is 2. The van der Waals surface area contributed by atoms with E-state index in [-0.39, 0.29) is 62.9 Å². The molecule has 3 rings (SSSR count). The van der Waals surface area contributed by atoms with Crippen molar-refractivity contribution in [2.24, 2.45) is 28.3 Å². The summed E-state index contributed by atoms with van der Waals surface area (Å²) in [6, 6.07) is -2.31. The minimum atomic E-state index is -1.33. The second-order valence-electron chi connectivity index (χ2n) is 17.3. The van der Waals surface area contributed by atoms with E-state index in [1.807, 2.05) is 0 Å². The van der Waals surface area contributed by atoms with E-state index in [9.17, 15) is 48.6 Å². The Balaban J connectivity index is 1.90. The van der Waals surface area contributed by atoms with Crippen LogP contribution < -0.4 is 43.4 Å². The number of nitrogens with one attached hydrogen (secondary N) is 7. The fourth-order valence-corrected chi connectivity index (χ4v) is 7.62. The number of aromatic amines is 1. The number of aromatic hydroxyl groups is 1. The summed E-state index contributed by atoms with van der Waals surface area (Å²) in [6.45, 7) is 8.78. The Morgan fingerprint density at radius 2 is 1.51 bits per heavy atom. The first-order valence-corrected chi connectivity index (χ1v) is 23.0. The highest BCUT2D eigenvalue weighted by atomic mass is 16.4. The van der Waals surface area contributed by atoms with E-state index in [0.717, 1.165) is 4.90 Å². The van der Waals surface area contributed by atoms with Gasteiger partial charge >= 0.3 is 5.97 Å². The average Bonchev–Trinajstić information content (AvgIpc) is 4.02. The molecule has 9 atom stereocenters. The van der Waals surface area contributed by atoms with Crippen LogP contribution in [0.5, 0.6) is 5.75 Å². The van der Waals surface area contributed by atoms with Gasteiger partial charge in [0.15, 0.2) is 5.96 Å². The molecule has 1 aliphatic rings. The molecule has 1 aliphatic heterocycles. The Kier molecular flexibility index (Phi) is 22.2. The number of hydrogen-bond donors (Lipinski definition) is 11. The van der Waals surface area contributed by atoms with Crippen LogP contribution >= 0.6 is 0 Å². The normalized spacial score (nSPS) is 16.9. The fourth-order valence-electron chi connectivity index (χ4n) is 7.62. The number of aliphatic imine (C=N–C) groups is 1. The van der Waals surface area contributed by atoms with Crippen molar-refractivity contribution in [3.05, 3.63) is 48.0 Å². The molecule has 23 heteroatoms. The molecule has 1 fully saturated rings. The lowest BCUT2D eigenvalue weighted by Crippen LogP contribution is -2.61. The van der Waals surface area contributed by atoms with Gasteiger partial charge in [-0.05, 0) is 69.2 Å². The zero-order valence-corrected chi connectivity index (χ0v) is 40.0. The number of phenolic OH excluding ortho intramolecular Hbond substituents is 1. The van der Waals surface area contributed by atoms with Crippen molar-refractivity contribution in [3.8, 4) is 5.75 Å². The average molecular weight is 954 g/mol. The highest BCUT2D eigenvalue weighted by Gasteiger charge is 2.41. The number of phenols is 1. The number of rotatable bonds is 27. The zero-order valence-electron chi connectivity index (χ0n) is 40.0. The van der Waals surface area contributed by atoms with Crippen LogP contribution in [0.15, 0.2) is 41.8 Å². The van der Waals surface area contributed by atoms with Crippen LogP contribution in [0, 0.1) is 11.8 Å². The first-order chi connectivity index (χ1) is 32.2. The number of carbonyl (C=O) groups excluding carboxylic acids is 7. The van der Waals surface area contributed by atoms with Crippen molar-refractivity contribution in [1.29, 1.82) is 0 Å². The number of nitrogens with zero attached hydrogens (tertiary/aromatic N) is 4. The van der Waals surface area contributed by atoms with Gasteiger partial charge in [0.25, 0.3) is 0 Å². The number of guanidine groups is 1. The number of benzene rings is 1. The third-order valence-electron chi connectivity index (χ3n) is 12.2. The summed E-state index contributed by atoms with van der Waals surface area (Å²) < 4.78 is 0. The second kappa shape index (κ2) is 27.1. The standard InChI is InChI=1S/C45H71N13O10/c1-8-25(3)36(41(64)54-33(21-29-22-49-24-51-29)43(66)58-19-11-13-34(58)40(63)56-37(44(67)68)26(4)9-2)55-39(62)32(20-28-14-16-30(59)17-15-28)53-38(61)27(5)57(7)42(65)31(52-35(60)23-48-6)12-10-18-50-45(46)47/h14-17,22,24-27,31-34,36-37,48,59H,8-13,18-21,23H2,1-7H3,(H,49,51)(H,52,60)(H,53,61)(H,54,64)(H,55,62)(H,56,63)(H,67,68)(H4,46,47,50)/t25-,26-,27-,31-,32-,33-,34-,36-,37-/m0/s1. The Morgan fingerprint density at radius 3 is 2.10 bits per heavy atom. The van der Waals surface area contributed by atoms with E-state index in [0.29, 0.717) is 36.9 Å². The van der Waals surface area contributed by atoms with Crippen LogP contribution in [-0.4, -0.2) is 159 Å². The molecular formula is C45H71N13O10. The predicted molar refractivity (Wildman–Crippen MR) is 251 cm³/mol. The molecule has 1 saturated heterocycles. The molecule has 7 amide bonds. The molecular weight excluding hydrogens is 883 g/mol. The Morgan fingerprint density at radius 1 is 0.868 bits per heavy atom. The van der Waals surface area contributed by atoms with Crippen LogP contribution in [0.4, 0.5) is 0 Å². The van der Waals surface area contributed by atoms with E-state index in [4.69, 9.17) is 11.5 Å². The monoisotopic (exact) mass is 954 g/mol. The van der Waals surface area contributed by atoms with Gasteiger partial charge in [0.1, 0.15) is 48.0 Å². The van der Waals surface area contributed by atoms with Gasteiger partial charge in [-0.25, -0.2) is 9.78 Å². The molecule has 2 aromatic rings. The van der Waals surface area contributed by atoms with Crippen molar-refractivity contribution in [1.82, 2.24) is 51.7 Å². The quantitative estimate of drug-likeness (QED) is 0.0279. The van der Waals surface area contributed by atoms with Gasteiger partial charge < -0.3 is 68.4 Å². The number of likely N-dealkylation sites (tertiary alicyclic amines) is 1. The molecule has 1 aromatic heterocycles. The molecule has 13 N–H and O–H groups in total. The van der Waals surface area contributed by atoms with Gasteiger partial charge in [-0.1, -0.05) is 52.7 Å². The molecule has 23 nitrogen and oxygen atoms in total. The second-order valence-corrected chi connectivity index (χ2v) is 17.3. The van der Waals surface area contributed by atoms with Crippen molar-refractivity contribution in [2.75, 3.05) is 33.7 Å². The molecule has 0 radical (unpaired) electrons. The van der Waals surface area contributed by atoms with Crippen molar-refractivity contribution in [2.45, 2.75) is 128 Å². The maximum Gasteiger partial charge on any atom is 0.326 e. The lowest BCUT2D eigenvalue weighted by molar-refractivity contribution is -0.146. The molecule has 0 aliphatic carbocycles. The number of likely N-dealkylation sites (N-methyl/N-ethyl adjacent to an activating group) is 2. The molecule has 1 aromatic carbocycles. The SMILES string of the molecule is CC[C@H](C)[C@H](NC(=O)[C@@H]1CCCN1C(=O)[C@H](Cc1cnc[nH]1)NC(=O)[C@@H](NC(=O)[C@H](Cc1ccc(O)cc1)NC(=O)[C@H](C)N(C)C(=O)[C@H](CCCN=C(N)N)NC(=O)CNC)[C@@H](C)CC)C(=O)O. The number of hydrogen-bond acceptors (Lipinski definition) is 12. The van der Waals surface area contributed by atoms with E-state index < -0.39 is 95.5 Å². The Labute approximate surface area is 396 Å². The van der Waals surface area contributed by atoms with Gasteiger partial charge in [0.2, 0.25) is 41.4 Å². The van der Waals surface area contributed by atoms with Gasteiger partial charge in [0, 0.05) is 44.9 Å². The van der Waals surface area contributed by atoms with Gasteiger partial charge in [-0.2, -0.15) is 0 Å². The number of aliphatic carboxylic acids is 1. The largest absolute Gasteiger partial charge is 0.508 e. The maximum atomic E-state index is 14.4. The number of aromatic nitrogens is 2. The summed E-state index contributed by atoms with van der Waals surface area (Å²) in [7, 11) is 2.95. The Hall–Kier alpha value is -6.78. The highest BCUT2D eigenvalue weighted by molar-refractivity contribution is 5.98. The summed E-state index contributed by atoms with van der Waals surface area (Å²) in [4.78, 5) is 123. The smallest absolute Gasteiger partial charge is 0.326 e. The van der Waals surface area contributed by atoms with Crippen molar-refractivity contribution < 1.29 is 48.6 Å². The Bertz CT molecular complexity index is 2050. The zero-order chi connectivity index (χ0) is 50.7. The van der Waals surface area contributed by atoms with Crippen LogP contribution in [0.2, 0.25) is 0 Å². The van der Waals surface area contributed by atoms with E-state index >= 15 is 0 Å². The number of carboxylic acid groups (broad SMARTS) is 1. The molecule has 376 valence electrons. The summed E-state index contributed by atoms with van der Waals surface area (Å²) in [5.74, 6) is -6.78. The number of carboxylic acids is 1. The first kappa shape index (κ1) is 55.5. The minimum Gasteiger partial charge on any atom is -0.508 e. The van der Waals surface area contributed by atoms with Crippen LogP contribution in [0.3, 0.4) is 0 Å². The number of amides is 7. The number of H-pyrrole nitrogens is 1. The summed E-state index contributed by atoms with van der Waals surface area (Å²) >= 11 is 0. The van der Waals surface area contributed by atoms with E-state index in [1.54, 1.807) is 46.9 Å². The lowest BCUT2D eigenvalue weighted by atomic mass is 9.96. The summed E-state index contributed by atoms with van der Waals surface area (Å²) in [5, 5.41) is 36.1. The van der Waals surface area contributed by atoms with Gasteiger partial charge in [0.05, 0.1) is 12.9 Å². The molecule has 0 bridgehead atoms. The molecule has 68 heavy (non-hydrogen) atoms. The van der Waals surface area contributed by atoms with Crippen molar-refractivity contribution >= 4 is 53.3 Å². The maximum absolute atomic E-state index is 14.4. The van der Waals surface area contributed by atoms with E-state index in [1.165, 1.54) is 43.5 Å². The molecule has 0 spiro atoms. The third-order valence-corrected chi connectivity index (χ3v) is 12.2. The van der Waals surface area contributed by atoms with Crippen molar-refractivity contribution in [3.63, 3.8) is 0 Å². The molecule has 0 saturated carbocycles. The highest BCUT2D eigenvalue weighted by Crippen LogP contribution is 2.22. The van der Waals surface area contributed by atoms with Crippen LogP contribution in [-0.2, 0) is 51.2 Å². The topological polar surface area (TPSA) is 349 Å². The number of imidazole rings is 1. The van der Waals surface area contributed by atoms with Gasteiger partial charge in [-0.3, -0.25) is 38.6 Å². The van der Waals surface area contributed by atoms with Crippen LogP contribution in [0.25, 0.3) is 0 Å². The first-order valence-electron chi connectivity index (χ1n) is 23.0. The van der Waals surface area contributed by atoms with Crippen LogP contribution in [0.1, 0.15) is 84.4 Å². The third kappa shape index (κ3) is 16.5. The molecule has 0 unspecified atom stereocenters. The van der Waals surface area contributed by atoms with Gasteiger partial charge in [-0.15, -0.1) is 0 Å². The fraction of sp³-hybridized carbons (Fsp3) is 0.600. The predicted octanol–water partition coefficient (Wildman–Crippen LogP) is -1.39. The lowest BCUT2D eigenvalue weighted by Gasteiger charge is -2.32. The minimum absolute atomic E-state index is 0.0358. The summed E-state index contributed by atoms with van der Waals surface area (Å²) in [5.41, 5.74) is 11.9. The van der Waals surface area contributed by atoms with E-state index in [2.05, 4.69) is 46.9 Å². The summed E-state index contributed by atoms with van der Waals surface area (Å²) in [6.07, 6.45) is 4.78. The molecule has 2 heterocycles. The number of carbonyl (C=O) groups is 8.